The van der Waals surface area contributed by atoms with Gasteiger partial charge in [0.2, 0.25) is 5.91 Å². The fourth-order valence-corrected chi connectivity index (χ4v) is 2.32. The van der Waals surface area contributed by atoms with Crippen LogP contribution in [0.4, 0.5) is 4.39 Å². The van der Waals surface area contributed by atoms with E-state index in [1.807, 2.05) is 31.2 Å². The van der Waals surface area contributed by atoms with Crippen LogP contribution in [0.25, 0.3) is 0 Å². The molecule has 0 fully saturated rings. The summed E-state index contributed by atoms with van der Waals surface area (Å²) in [5.74, 6) is -0.494. The first-order valence-electron chi connectivity index (χ1n) is 7.31. The van der Waals surface area contributed by atoms with E-state index >= 15 is 0 Å². The van der Waals surface area contributed by atoms with E-state index in [-0.39, 0.29) is 24.7 Å². The second kappa shape index (κ2) is 7.71. The van der Waals surface area contributed by atoms with Gasteiger partial charge in [0.15, 0.2) is 0 Å². The average Bonchev–Trinajstić information content (AvgIpc) is 2.52. The highest BCUT2D eigenvalue weighted by Gasteiger charge is 2.12. The number of hydrogen-bond donors (Lipinski definition) is 2. The van der Waals surface area contributed by atoms with E-state index < -0.39 is 6.10 Å². The van der Waals surface area contributed by atoms with Crippen molar-refractivity contribution in [2.75, 3.05) is 6.54 Å². The molecule has 0 aliphatic carbocycles. The van der Waals surface area contributed by atoms with Crippen LogP contribution in [-0.4, -0.2) is 17.6 Å². The zero-order valence-electron chi connectivity index (χ0n) is 12.6. The molecule has 2 aromatic rings. The molecule has 2 rings (SSSR count). The predicted molar refractivity (Wildman–Crippen MR) is 83.9 cm³/mol. The van der Waals surface area contributed by atoms with Crippen molar-refractivity contribution in [3.63, 3.8) is 0 Å². The molecule has 1 unspecified atom stereocenters. The Morgan fingerprint density at radius 3 is 2.59 bits per heavy atom. The molecule has 2 N–H and O–H groups in total. The summed E-state index contributed by atoms with van der Waals surface area (Å²) in [6.45, 7) is 2.07. The van der Waals surface area contributed by atoms with E-state index in [0.29, 0.717) is 12.0 Å². The van der Waals surface area contributed by atoms with E-state index in [1.54, 1.807) is 18.2 Å². The van der Waals surface area contributed by atoms with E-state index in [0.717, 1.165) is 11.1 Å². The lowest BCUT2D eigenvalue weighted by molar-refractivity contribution is -0.121. The Balaban J connectivity index is 1.81. The Labute approximate surface area is 129 Å². The van der Waals surface area contributed by atoms with Gasteiger partial charge in [-0.3, -0.25) is 4.79 Å². The molecule has 1 amide bonds. The van der Waals surface area contributed by atoms with Crippen molar-refractivity contribution in [3.05, 3.63) is 71.0 Å². The van der Waals surface area contributed by atoms with Crippen LogP contribution < -0.4 is 5.32 Å². The Hall–Kier alpha value is -2.20. The summed E-state index contributed by atoms with van der Waals surface area (Å²) in [6.07, 6.45) is -0.195. The Morgan fingerprint density at radius 1 is 1.18 bits per heavy atom. The molecule has 0 heterocycles. The van der Waals surface area contributed by atoms with Gasteiger partial charge in [0.1, 0.15) is 5.82 Å². The lowest BCUT2D eigenvalue weighted by Gasteiger charge is -2.14. The maximum atomic E-state index is 13.4. The minimum Gasteiger partial charge on any atom is -0.387 e. The first kappa shape index (κ1) is 16.2. The van der Waals surface area contributed by atoms with Crippen molar-refractivity contribution < 1.29 is 14.3 Å². The first-order valence-corrected chi connectivity index (χ1v) is 7.31. The van der Waals surface area contributed by atoms with Gasteiger partial charge in [-0.15, -0.1) is 0 Å². The summed E-state index contributed by atoms with van der Waals surface area (Å²) in [5, 5.41) is 12.8. The molecule has 0 spiro atoms. The standard InChI is InChI=1S/C18H20FNO2/c1-13-6-2-4-8-15(13)17(21)12-20-18(22)11-10-14-7-3-5-9-16(14)19/h2-9,17,21H,10-12H2,1H3,(H,20,22). The molecular weight excluding hydrogens is 281 g/mol. The van der Waals surface area contributed by atoms with Crippen LogP contribution in [0, 0.1) is 12.7 Å². The van der Waals surface area contributed by atoms with E-state index in [1.165, 1.54) is 6.07 Å². The summed E-state index contributed by atoms with van der Waals surface area (Å²) < 4.78 is 13.4. The zero-order chi connectivity index (χ0) is 15.9. The number of benzene rings is 2. The Morgan fingerprint density at radius 2 is 1.86 bits per heavy atom. The van der Waals surface area contributed by atoms with Crippen LogP contribution in [0.15, 0.2) is 48.5 Å². The van der Waals surface area contributed by atoms with Gasteiger partial charge < -0.3 is 10.4 Å². The van der Waals surface area contributed by atoms with Gasteiger partial charge >= 0.3 is 0 Å². The number of nitrogens with one attached hydrogen (secondary N) is 1. The number of rotatable bonds is 6. The number of hydrogen-bond acceptors (Lipinski definition) is 2. The van der Waals surface area contributed by atoms with E-state index in [4.69, 9.17) is 0 Å². The van der Waals surface area contributed by atoms with Crippen LogP contribution in [0.2, 0.25) is 0 Å². The fraction of sp³-hybridized carbons (Fsp3) is 0.278. The van der Waals surface area contributed by atoms with E-state index in [2.05, 4.69) is 5.32 Å². The molecule has 0 bridgehead atoms. The highest BCUT2D eigenvalue weighted by molar-refractivity contribution is 5.76. The molecule has 0 saturated carbocycles. The lowest BCUT2D eigenvalue weighted by atomic mass is 10.0. The molecule has 22 heavy (non-hydrogen) atoms. The predicted octanol–water partition coefficient (Wildman–Crippen LogP) is 2.92. The van der Waals surface area contributed by atoms with E-state index in [9.17, 15) is 14.3 Å². The number of aliphatic hydroxyl groups is 1. The maximum absolute atomic E-state index is 13.4. The number of carbonyl (C=O) groups excluding carboxylic acids is 1. The van der Waals surface area contributed by atoms with Crippen molar-refractivity contribution in [1.82, 2.24) is 5.32 Å². The number of amides is 1. The topological polar surface area (TPSA) is 49.3 Å². The van der Waals surface area contributed by atoms with Gasteiger partial charge in [0.25, 0.3) is 0 Å². The minimum atomic E-state index is -0.737. The molecular formula is C18H20FNO2. The summed E-state index contributed by atoms with van der Waals surface area (Å²) >= 11 is 0. The number of halogens is 1. The third kappa shape index (κ3) is 4.40. The normalized spacial score (nSPS) is 12.0. The maximum Gasteiger partial charge on any atom is 0.220 e. The molecule has 0 aliphatic heterocycles. The highest BCUT2D eigenvalue weighted by atomic mass is 19.1. The van der Waals surface area contributed by atoms with Gasteiger partial charge in [-0.05, 0) is 36.1 Å². The molecule has 0 aromatic heterocycles. The van der Waals surface area contributed by atoms with Crippen LogP contribution in [0.3, 0.4) is 0 Å². The third-order valence-corrected chi connectivity index (χ3v) is 3.62. The molecule has 4 heteroatoms. The Kier molecular flexibility index (Phi) is 5.67. The van der Waals surface area contributed by atoms with Crippen molar-refractivity contribution in [2.24, 2.45) is 0 Å². The highest BCUT2D eigenvalue weighted by Crippen LogP contribution is 2.16. The number of carbonyl (C=O) groups is 1. The van der Waals surface area contributed by atoms with Crippen LogP contribution in [0.1, 0.15) is 29.2 Å². The van der Waals surface area contributed by atoms with Gasteiger partial charge in [-0.25, -0.2) is 4.39 Å². The van der Waals surface area contributed by atoms with Crippen molar-refractivity contribution in [2.45, 2.75) is 25.9 Å². The zero-order valence-corrected chi connectivity index (χ0v) is 12.6. The largest absolute Gasteiger partial charge is 0.387 e. The molecule has 116 valence electrons. The summed E-state index contributed by atoms with van der Waals surface area (Å²) in [4.78, 5) is 11.8. The number of aliphatic hydroxyl groups excluding tert-OH is 1. The summed E-state index contributed by atoms with van der Waals surface area (Å²) in [5.41, 5.74) is 2.31. The quantitative estimate of drug-likeness (QED) is 0.862. The lowest BCUT2D eigenvalue weighted by Crippen LogP contribution is -2.28. The molecule has 3 nitrogen and oxygen atoms in total. The minimum absolute atomic E-state index is 0.154. The second-order valence-electron chi connectivity index (χ2n) is 5.27. The average molecular weight is 301 g/mol. The van der Waals surface area contributed by atoms with Crippen molar-refractivity contribution in [1.29, 1.82) is 0 Å². The third-order valence-electron chi connectivity index (χ3n) is 3.62. The van der Waals surface area contributed by atoms with Crippen molar-refractivity contribution in [3.8, 4) is 0 Å². The molecule has 1 atom stereocenters. The molecule has 2 aromatic carbocycles. The van der Waals surface area contributed by atoms with Gasteiger partial charge in [0, 0.05) is 13.0 Å². The van der Waals surface area contributed by atoms with Crippen LogP contribution in [-0.2, 0) is 11.2 Å². The summed E-state index contributed by atoms with van der Waals surface area (Å²) in [7, 11) is 0. The Bertz CT molecular complexity index is 642. The van der Waals surface area contributed by atoms with Crippen LogP contribution >= 0.6 is 0 Å². The van der Waals surface area contributed by atoms with Gasteiger partial charge in [-0.1, -0.05) is 42.5 Å². The smallest absolute Gasteiger partial charge is 0.220 e. The molecule has 0 aliphatic rings. The fourth-order valence-electron chi connectivity index (χ4n) is 2.32. The van der Waals surface area contributed by atoms with Gasteiger partial charge in [0.05, 0.1) is 6.10 Å². The van der Waals surface area contributed by atoms with Crippen molar-refractivity contribution >= 4 is 5.91 Å². The molecule has 0 radical (unpaired) electrons. The first-order chi connectivity index (χ1) is 10.6. The second-order valence-corrected chi connectivity index (χ2v) is 5.27. The summed E-state index contributed by atoms with van der Waals surface area (Å²) in [6, 6.07) is 13.9. The SMILES string of the molecule is Cc1ccccc1C(O)CNC(=O)CCc1ccccc1F. The van der Waals surface area contributed by atoms with Gasteiger partial charge in [-0.2, -0.15) is 0 Å². The van der Waals surface area contributed by atoms with Crippen LogP contribution in [0.5, 0.6) is 0 Å². The number of aryl methyl sites for hydroxylation is 2. The monoisotopic (exact) mass is 301 g/mol. The molecule has 0 saturated heterocycles.